The summed E-state index contributed by atoms with van der Waals surface area (Å²) in [5.41, 5.74) is 2.21. The van der Waals surface area contributed by atoms with Crippen molar-refractivity contribution in [1.29, 1.82) is 0 Å². The topological polar surface area (TPSA) is 24.9 Å². The van der Waals surface area contributed by atoms with Gasteiger partial charge in [-0.25, -0.2) is 8.78 Å². The lowest BCUT2D eigenvalue weighted by atomic mass is 10.0. The lowest BCUT2D eigenvalue weighted by molar-refractivity contribution is 0.469. The van der Waals surface area contributed by atoms with Crippen molar-refractivity contribution in [3.8, 4) is 0 Å². The molecule has 0 amide bonds. The minimum atomic E-state index is -0.783. The summed E-state index contributed by atoms with van der Waals surface area (Å²) in [4.78, 5) is 5.20. The molecule has 0 spiro atoms. The van der Waals surface area contributed by atoms with Crippen LogP contribution in [0, 0.1) is 11.6 Å². The molecule has 0 saturated heterocycles. The third kappa shape index (κ3) is 4.08. The summed E-state index contributed by atoms with van der Waals surface area (Å²) in [5, 5.41) is 3.39. The number of halogens is 2. The predicted octanol–water partition coefficient (Wildman–Crippen LogP) is 3.57. The van der Waals surface area contributed by atoms with E-state index >= 15 is 0 Å². The van der Waals surface area contributed by atoms with Crippen LogP contribution in [0.15, 0.2) is 29.9 Å². The molecule has 0 fully saturated rings. The molecule has 1 heterocycles. The molecule has 0 saturated carbocycles. The van der Waals surface area contributed by atoms with Crippen molar-refractivity contribution >= 4 is 11.3 Å². The van der Waals surface area contributed by atoms with Crippen LogP contribution in [0.2, 0.25) is 0 Å². The van der Waals surface area contributed by atoms with Crippen LogP contribution < -0.4 is 5.32 Å². The number of thiazole rings is 1. The zero-order valence-electron chi connectivity index (χ0n) is 11.4. The van der Waals surface area contributed by atoms with Crippen LogP contribution in [-0.4, -0.2) is 17.6 Å². The van der Waals surface area contributed by atoms with Gasteiger partial charge in [-0.05, 0) is 37.4 Å². The number of hydrogen-bond donors (Lipinski definition) is 1. The Morgan fingerprint density at radius 1 is 1.30 bits per heavy atom. The molecule has 5 heteroatoms. The lowest BCUT2D eigenvalue weighted by Gasteiger charge is -2.18. The number of benzene rings is 1. The first-order valence-corrected chi connectivity index (χ1v) is 7.62. The molecule has 2 nitrogen and oxygen atoms in total. The van der Waals surface area contributed by atoms with E-state index in [9.17, 15) is 8.78 Å². The van der Waals surface area contributed by atoms with Crippen molar-refractivity contribution in [1.82, 2.24) is 10.3 Å². The van der Waals surface area contributed by atoms with Gasteiger partial charge in [-0.3, -0.25) is 4.98 Å². The van der Waals surface area contributed by atoms with E-state index in [1.54, 1.807) is 29.0 Å². The molecule has 108 valence electrons. The highest BCUT2D eigenvalue weighted by atomic mass is 32.1. The standard InChI is InChI=1S/C15H18F2N2S/c1-2-6-19-12(8-13-9-18-10-20-13)7-11-4-3-5-14(16)15(11)17/h3-5,9-10,12,19H,2,6-8H2,1H3. The summed E-state index contributed by atoms with van der Waals surface area (Å²) in [6.07, 6.45) is 4.08. The Kier molecular flexibility index (Phi) is 5.61. The monoisotopic (exact) mass is 296 g/mol. The number of nitrogens with zero attached hydrogens (tertiary/aromatic N) is 1. The third-order valence-electron chi connectivity index (χ3n) is 3.11. The minimum absolute atomic E-state index is 0.0895. The van der Waals surface area contributed by atoms with E-state index < -0.39 is 11.6 Å². The van der Waals surface area contributed by atoms with Gasteiger partial charge in [0, 0.05) is 17.1 Å². The number of aromatic nitrogens is 1. The van der Waals surface area contributed by atoms with Crippen molar-refractivity contribution in [2.75, 3.05) is 6.54 Å². The molecule has 1 unspecified atom stereocenters. The van der Waals surface area contributed by atoms with Gasteiger partial charge in [0.25, 0.3) is 0 Å². The van der Waals surface area contributed by atoms with Gasteiger partial charge in [0.05, 0.1) is 5.51 Å². The highest BCUT2D eigenvalue weighted by Gasteiger charge is 2.15. The Bertz CT molecular complexity index is 529. The average Bonchev–Trinajstić information content (AvgIpc) is 2.94. The van der Waals surface area contributed by atoms with E-state index in [1.165, 1.54) is 0 Å². The Morgan fingerprint density at radius 3 is 2.85 bits per heavy atom. The highest BCUT2D eigenvalue weighted by molar-refractivity contribution is 7.09. The van der Waals surface area contributed by atoms with E-state index in [4.69, 9.17) is 0 Å². The van der Waals surface area contributed by atoms with E-state index in [2.05, 4.69) is 17.2 Å². The average molecular weight is 296 g/mol. The molecule has 20 heavy (non-hydrogen) atoms. The lowest BCUT2D eigenvalue weighted by Crippen LogP contribution is -2.34. The first-order chi connectivity index (χ1) is 9.70. The number of rotatable bonds is 7. The molecule has 0 aliphatic rings. The van der Waals surface area contributed by atoms with Crippen molar-refractivity contribution < 1.29 is 8.78 Å². The summed E-state index contributed by atoms with van der Waals surface area (Å²) in [5.74, 6) is -1.52. The van der Waals surface area contributed by atoms with Crippen LogP contribution in [0.25, 0.3) is 0 Å². The van der Waals surface area contributed by atoms with Gasteiger partial charge in [0.15, 0.2) is 11.6 Å². The van der Waals surface area contributed by atoms with Crippen LogP contribution in [-0.2, 0) is 12.8 Å². The van der Waals surface area contributed by atoms with Gasteiger partial charge < -0.3 is 5.32 Å². The van der Waals surface area contributed by atoms with Crippen LogP contribution >= 0.6 is 11.3 Å². The van der Waals surface area contributed by atoms with Crippen molar-refractivity contribution in [3.63, 3.8) is 0 Å². The van der Waals surface area contributed by atoms with Crippen molar-refractivity contribution in [2.24, 2.45) is 0 Å². The summed E-state index contributed by atoms with van der Waals surface area (Å²) < 4.78 is 27.0. The van der Waals surface area contributed by atoms with Crippen LogP contribution in [0.1, 0.15) is 23.8 Å². The first kappa shape index (κ1) is 15.1. The molecule has 0 radical (unpaired) electrons. The quantitative estimate of drug-likeness (QED) is 0.845. The van der Waals surface area contributed by atoms with E-state index in [-0.39, 0.29) is 6.04 Å². The zero-order chi connectivity index (χ0) is 14.4. The van der Waals surface area contributed by atoms with Gasteiger partial charge in [-0.15, -0.1) is 11.3 Å². The largest absolute Gasteiger partial charge is 0.313 e. The number of nitrogens with one attached hydrogen (secondary N) is 1. The molecule has 1 N–H and O–H groups in total. The molecule has 0 aliphatic carbocycles. The molecule has 1 aromatic carbocycles. The summed E-state index contributed by atoms with van der Waals surface area (Å²) in [7, 11) is 0. The molecular formula is C15H18F2N2S. The molecule has 1 atom stereocenters. The SMILES string of the molecule is CCCNC(Cc1cncs1)Cc1cccc(F)c1F. The fraction of sp³-hybridized carbons (Fsp3) is 0.400. The first-order valence-electron chi connectivity index (χ1n) is 6.74. The van der Waals surface area contributed by atoms with E-state index in [1.807, 2.05) is 6.20 Å². The fourth-order valence-corrected chi connectivity index (χ4v) is 2.80. The minimum Gasteiger partial charge on any atom is -0.313 e. The zero-order valence-corrected chi connectivity index (χ0v) is 12.2. The van der Waals surface area contributed by atoms with Crippen molar-refractivity contribution in [3.05, 3.63) is 52.0 Å². The second-order valence-corrected chi connectivity index (χ2v) is 5.71. The summed E-state index contributed by atoms with van der Waals surface area (Å²) >= 11 is 1.58. The Hall–Kier alpha value is -1.33. The van der Waals surface area contributed by atoms with E-state index in [0.717, 1.165) is 30.3 Å². The molecular weight excluding hydrogens is 278 g/mol. The maximum Gasteiger partial charge on any atom is 0.162 e. The summed E-state index contributed by atoms with van der Waals surface area (Å²) in [6, 6.07) is 4.44. The summed E-state index contributed by atoms with van der Waals surface area (Å²) in [6.45, 7) is 2.94. The fourth-order valence-electron chi connectivity index (χ4n) is 2.12. The predicted molar refractivity (Wildman–Crippen MR) is 78.0 cm³/mol. The Morgan fingerprint density at radius 2 is 2.15 bits per heavy atom. The van der Waals surface area contributed by atoms with Gasteiger partial charge in [0.2, 0.25) is 0 Å². The second kappa shape index (κ2) is 7.45. The van der Waals surface area contributed by atoms with Gasteiger partial charge in [0.1, 0.15) is 0 Å². The van der Waals surface area contributed by atoms with Gasteiger partial charge >= 0.3 is 0 Å². The smallest absolute Gasteiger partial charge is 0.162 e. The Balaban J connectivity index is 2.08. The molecule has 2 rings (SSSR count). The van der Waals surface area contributed by atoms with Gasteiger partial charge in [-0.2, -0.15) is 0 Å². The normalized spacial score (nSPS) is 12.6. The highest BCUT2D eigenvalue weighted by Crippen LogP contribution is 2.16. The molecule has 1 aromatic heterocycles. The van der Waals surface area contributed by atoms with Crippen molar-refractivity contribution in [2.45, 2.75) is 32.2 Å². The molecule has 2 aromatic rings. The van der Waals surface area contributed by atoms with E-state index in [0.29, 0.717) is 12.0 Å². The maximum atomic E-state index is 13.8. The Labute approximate surface area is 121 Å². The number of hydrogen-bond acceptors (Lipinski definition) is 3. The third-order valence-corrected chi connectivity index (χ3v) is 3.91. The van der Waals surface area contributed by atoms with Crippen LogP contribution in [0.4, 0.5) is 8.78 Å². The van der Waals surface area contributed by atoms with Crippen LogP contribution in [0.3, 0.4) is 0 Å². The second-order valence-electron chi connectivity index (χ2n) is 4.74. The molecule has 0 aliphatic heterocycles. The maximum absolute atomic E-state index is 13.8. The molecule has 0 bridgehead atoms. The van der Waals surface area contributed by atoms with Gasteiger partial charge in [-0.1, -0.05) is 19.1 Å². The van der Waals surface area contributed by atoms with Crippen LogP contribution in [0.5, 0.6) is 0 Å².